The molecule has 0 saturated carbocycles. The summed E-state index contributed by atoms with van der Waals surface area (Å²) in [6.07, 6.45) is 7.23. The highest BCUT2D eigenvalue weighted by molar-refractivity contribution is 5.15. The fourth-order valence-corrected chi connectivity index (χ4v) is 2.76. The molecule has 0 aliphatic rings. The van der Waals surface area contributed by atoms with E-state index in [-0.39, 0.29) is 0 Å². The van der Waals surface area contributed by atoms with Gasteiger partial charge in [0, 0.05) is 19.8 Å². The molecule has 0 spiro atoms. The van der Waals surface area contributed by atoms with Gasteiger partial charge in [0.2, 0.25) is 0 Å². The van der Waals surface area contributed by atoms with E-state index in [1.54, 1.807) is 0 Å². The van der Waals surface area contributed by atoms with E-state index in [4.69, 9.17) is 4.74 Å². The van der Waals surface area contributed by atoms with Crippen molar-refractivity contribution in [3.63, 3.8) is 0 Å². The summed E-state index contributed by atoms with van der Waals surface area (Å²) in [5.41, 5.74) is 2.77. The smallest absolute Gasteiger partial charge is 0.0469 e. The van der Waals surface area contributed by atoms with Gasteiger partial charge in [-0.05, 0) is 43.4 Å². The fourth-order valence-electron chi connectivity index (χ4n) is 2.76. The van der Waals surface area contributed by atoms with Gasteiger partial charge in [-0.25, -0.2) is 0 Å². The van der Waals surface area contributed by atoms with Crippen LogP contribution in [0.15, 0.2) is 60.7 Å². The third kappa shape index (κ3) is 8.85. The van der Waals surface area contributed by atoms with Crippen LogP contribution in [-0.4, -0.2) is 19.8 Å². The van der Waals surface area contributed by atoms with Crippen LogP contribution in [-0.2, 0) is 17.7 Å². The van der Waals surface area contributed by atoms with E-state index in [2.05, 4.69) is 66.0 Å². The first-order valence-corrected chi connectivity index (χ1v) is 9.31. The minimum atomic E-state index is 0.882. The number of nitrogens with one attached hydrogen (secondary N) is 1. The zero-order valence-electron chi connectivity index (χ0n) is 14.8. The maximum Gasteiger partial charge on any atom is 0.0469 e. The van der Waals surface area contributed by atoms with Crippen molar-refractivity contribution in [2.75, 3.05) is 19.8 Å². The van der Waals surface area contributed by atoms with E-state index in [0.717, 1.165) is 39.1 Å². The lowest BCUT2D eigenvalue weighted by atomic mass is 10.1. The van der Waals surface area contributed by atoms with Gasteiger partial charge in [0.15, 0.2) is 0 Å². The van der Waals surface area contributed by atoms with Crippen molar-refractivity contribution in [2.24, 2.45) is 0 Å². The molecule has 0 aliphatic carbocycles. The Morgan fingerprint density at radius 2 is 1.25 bits per heavy atom. The second-order valence-corrected chi connectivity index (χ2v) is 6.28. The average molecular weight is 325 g/mol. The van der Waals surface area contributed by atoms with Crippen LogP contribution in [0.2, 0.25) is 0 Å². The summed E-state index contributed by atoms with van der Waals surface area (Å²) in [6.45, 7) is 3.87. The summed E-state index contributed by atoms with van der Waals surface area (Å²) in [5.74, 6) is 0. The van der Waals surface area contributed by atoms with E-state index < -0.39 is 0 Å². The van der Waals surface area contributed by atoms with Gasteiger partial charge in [-0.3, -0.25) is 0 Å². The molecular formula is C22H31NO. The Balaban J connectivity index is 1.32. The lowest BCUT2D eigenvalue weighted by molar-refractivity contribution is 0.127. The molecule has 2 nitrogen and oxygen atoms in total. The lowest BCUT2D eigenvalue weighted by Crippen LogP contribution is -2.14. The molecule has 0 bridgehead atoms. The summed E-state index contributed by atoms with van der Waals surface area (Å²) in [5, 5.41) is 3.50. The Labute approximate surface area is 147 Å². The Bertz CT molecular complexity index is 463. The maximum absolute atomic E-state index is 5.73. The van der Waals surface area contributed by atoms with E-state index >= 15 is 0 Å². The largest absolute Gasteiger partial charge is 0.381 e. The summed E-state index contributed by atoms with van der Waals surface area (Å²) >= 11 is 0. The molecule has 0 aliphatic heterocycles. The minimum Gasteiger partial charge on any atom is -0.381 e. The van der Waals surface area contributed by atoms with Gasteiger partial charge in [0.05, 0.1) is 0 Å². The van der Waals surface area contributed by atoms with Crippen LogP contribution in [0.25, 0.3) is 0 Å². The summed E-state index contributed by atoms with van der Waals surface area (Å²) in [4.78, 5) is 0. The number of benzene rings is 2. The Hall–Kier alpha value is -1.64. The number of ether oxygens (including phenoxy) is 1. The normalized spacial score (nSPS) is 10.8. The third-order valence-electron chi connectivity index (χ3n) is 4.16. The molecule has 1 N–H and O–H groups in total. The van der Waals surface area contributed by atoms with Crippen molar-refractivity contribution < 1.29 is 4.74 Å². The molecule has 2 rings (SSSR count). The highest BCUT2D eigenvalue weighted by Gasteiger charge is 1.95. The van der Waals surface area contributed by atoms with Crippen molar-refractivity contribution in [1.82, 2.24) is 5.32 Å². The Kier molecular flexibility index (Phi) is 9.93. The Morgan fingerprint density at radius 1 is 0.625 bits per heavy atom. The molecule has 0 saturated heterocycles. The van der Waals surface area contributed by atoms with E-state index in [1.807, 2.05) is 0 Å². The van der Waals surface area contributed by atoms with Crippen LogP contribution < -0.4 is 5.32 Å². The molecule has 2 heteroatoms. The fraction of sp³-hybridized carbons (Fsp3) is 0.455. The van der Waals surface area contributed by atoms with Crippen LogP contribution in [0.4, 0.5) is 0 Å². The van der Waals surface area contributed by atoms with Gasteiger partial charge < -0.3 is 10.1 Å². The maximum atomic E-state index is 5.73. The number of hydrogen-bond acceptors (Lipinski definition) is 2. The van der Waals surface area contributed by atoms with Gasteiger partial charge in [-0.1, -0.05) is 73.5 Å². The minimum absolute atomic E-state index is 0.882. The van der Waals surface area contributed by atoms with Crippen LogP contribution in [0.5, 0.6) is 0 Å². The van der Waals surface area contributed by atoms with E-state index in [1.165, 1.54) is 36.8 Å². The molecule has 0 unspecified atom stereocenters. The summed E-state index contributed by atoms with van der Waals surface area (Å²) in [7, 11) is 0. The van der Waals surface area contributed by atoms with Gasteiger partial charge in [-0.2, -0.15) is 0 Å². The van der Waals surface area contributed by atoms with Gasteiger partial charge in [-0.15, -0.1) is 0 Å². The second-order valence-electron chi connectivity index (χ2n) is 6.28. The zero-order chi connectivity index (χ0) is 16.7. The molecule has 0 fully saturated rings. The molecule has 2 aromatic carbocycles. The van der Waals surface area contributed by atoms with Crippen LogP contribution in [0, 0.1) is 0 Å². The van der Waals surface area contributed by atoms with E-state index in [9.17, 15) is 0 Å². The molecule has 0 heterocycles. The molecule has 0 atom stereocenters. The highest BCUT2D eigenvalue weighted by atomic mass is 16.5. The molecular weight excluding hydrogens is 294 g/mol. The van der Waals surface area contributed by atoms with Crippen LogP contribution >= 0.6 is 0 Å². The predicted molar refractivity (Wildman–Crippen MR) is 102 cm³/mol. The number of rotatable bonds is 13. The summed E-state index contributed by atoms with van der Waals surface area (Å²) in [6, 6.07) is 21.2. The Morgan fingerprint density at radius 3 is 2.00 bits per heavy atom. The van der Waals surface area contributed by atoms with Crippen molar-refractivity contribution >= 4 is 0 Å². The molecule has 24 heavy (non-hydrogen) atoms. The highest BCUT2D eigenvalue weighted by Crippen LogP contribution is 2.04. The predicted octanol–water partition coefficient (Wildman–Crippen LogP) is 4.99. The van der Waals surface area contributed by atoms with Crippen molar-refractivity contribution in [3.8, 4) is 0 Å². The molecule has 0 radical (unpaired) electrons. The standard InChI is InChI=1S/C22H31NO/c1(9-17-23-20-22-14-7-4-8-15-22)2-10-18-24-19-11-16-21-12-5-3-6-13-21/h3-8,12-15,23H,1-2,9-11,16-20H2. The topological polar surface area (TPSA) is 21.3 Å². The number of unbranched alkanes of at least 4 members (excludes halogenated alkanes) is 3. The first kappa shape index (κ1) is 18.7. The molecule has 2 aromatic rings. The van der Waals surface area contributed by atoms with Gasteiger partial charge in [0.25, 0.3) is 0 Å². The van der Waals surface area contributed by atoms with Crippen molar-refractivity contribution in [3.05, 3.63) is 71.8 Å². The summed E-state index contributed by atoms with van der Waals surface area (Å²) < 4.78 is 5.73. The van der Waals surface area contributed by atoms with Crippen LogP contribution in [0.1, 0.15) is 43.2 Å². The lowest BCUT2D eigenvalue weighted by Gasteiger charge is -2.06. The molecule has 0 amide bonds. The van der Waals surface area contributed by atoms with Gasteiger partial charge >= 0.3 is 0 Å². The SMILES string of the molecule is c1ccc(CCCOCCCCCCNCc2ccccc2)cc1. The quantitative estimate of drug-likeness (QED) is 0.524. The third-order valence-corrected chi connectivity index (χ3v) is 4.16. The number of hydrogen-bond donors (Lipinski definition) is 1. The first-order valence-electron chi connectivity index (χ1n) is 9.31. The van der Waals surface area contributed by atoms with Crippen LogP contribution in [0.3, 0.4) is 0 Å². The monoisotopic (exact) mass is 325 g/mol. The van der Waals surface area contributed by atoms with Crippen molar-refractivity contribution in [1.29, 1.82) is 0 Å². The van der Waals surface area contributed by atoms with Crippen molar-refractivity contribution in [2.45, 2.75) is 45.1 Å². The van der Waals surface area contributed by atoms with Gasteiger partial charge in [0.1, 0.15) is 0 Å². The molecule has 0 aromatic heterocycles. The first-order chi connectivity index (χ1) is 11.9. The number of aryl methyl sites for hydroxylation is 1. The average Bonchev–Trinajstić information content (AvgIpc) is 2.64. The molecule has 130 valence electrons. The van der Waals surface area contributed by atoms with E-state index in [0.29, 0.717) is 0 Å². The second kappa shape index (κ2) is 12.7. The zero-order valence-corrected chi connectivity index (χ0v) is 14.8.